The quantitative estimate of drug-likeness (QED) is 0.870. The number of aryl methyl sites for hydroxylation is 1. The number of anilines is 1. The first-order chi connectivity index (χ1) is 8.20. The molecule has 4 heteroatoms. The lowest BCUT2D eigenvalue weighted by atomic mass is 10.1. The van der Waals surface area contributed by atoms with Gasteiger partial charge in [0.05, 0.1) is 3.57 Å². The number of benzene rings is 1. The molecule has 0 amide bonds. The summed E-state index contributed by atoms with van der Waals surface area (Å²) in [6.07, 6.45) is 1.85. The molecule has 1 aromatic carbocycles. The molecule has 88 valence electrons. The van der Waals surface area contributed by atoms with Crippen molar-refractivity contribution in [2.24, 2.45) is 0 Å². The third kappa shape index (κ3) is 2.94. The van der Waals surface area contributed by atoms with Crippen molar-refractivity contribution < 1.29 is 0 Å². The highest BCUT2D eigenvalue weighted by atomic mass is 127. The van der Waals surface area contributed by atoms with Crippen molar-refractivity contribution in [3.8, 4) is 11.4 Å². The number of hydrogen-bond acceptors (Lipinski definition) is 3. The molecule has 2 rings (SSSR count). The molecule has 0 saturated heterocycles. The van der Waals surface area contributed by atoms with Gasteiger partial charge in [-0.3, -0.25) is 0 Å². The van der Waals surface area contributed by atoms with Gasteiger partial charge in [-0.15, -0.1) is 0 Å². The van der Waals surface area contributed by atoms with Gasteiger partial charge in [-0.2, -0.15) is 0 Å². The van der Waals surface area contributed by atoms with Gasteiger partial charge in [0.1, 0.15) is 5.82 Å². The number of rotatable bonds is 3. The third-order valence-electron chi connectivity index (χ3n) is 2.36. The van der Waals surface area contributed by atoms with Crippen molar-refractivity contribution in [1.29, 1.82) is 0 Å². The van der Waals surface area contributed by atoms with Crippen LogP contribution in [0.15, 0.2) is 30.5 Å². The Kier molecular flexibility index (Phi) is 3.93. The van der Waals surface area contributed by atoms with E-state index >= 15 is 0 Å². The lowest BCUT2D eigenvalue weighted by Gasteiger charge is -2.07. The maximum atomic E-state index is 4.54. The Morgan fingerprint density at radius 1 is 1.35 bits per heavy atom. The molecule has 1 aromatic heterocycles. The minimum Gasteiger partial charge on any atom is -0.369 e. The topological polar surface area (TPSA) is 37.8 Å². The van der Waals surface area contributed by atoms with Crippen LogP contribution in [0.25, 0.3) is 11.4 Å². The number of halogens is 1. The predicted molar refractivity (Wildman–Crippen MR) is 79.1 cm³/mol. The van der Waals surface area contributed by atoms with Gasteiger partial charge in [0, 0.05) is 18.3 Å². The molecule has 0 aliphatic carbocycles. The molecule has 0 aliphatic heterocycles. The molecule has 1 heterocycles. The first-order valence-corrected chi connectivity index (χ1v) is 6.62. The summed E-state index contributed by atoms with van der Waals surface area (Å²) in [4.78, 5) is 8.92. The first-order valence-electron chi connectivity index (χ1n) is 5.54. The summed E-state index contributed by atoms with van der Waals surface area (Å²) in [5.41, 5.74) is 2.27. The van der Waals surface area contributed by atoms with Gasteiger partial charge < -0.3 is 5.32 Å². The molecule has 0 unspecified atom stereocenters. The summed E-state index contributed by atoms with van der Waals surface area (Å²) >= 11 is 2.24. The highest BCUT2D eigenvalue weighted by Gasteiger charge is 2.06. The highest BCUT2D eigenvalue weighted by Crippen LogP contribution is 2.21. The Hall–Kier alpha value is -1.17. The molecule has 1 N–H and O–H groups in total. The molecular formula is C13H14IN3. The summed E-state index contributed by atoms with van der Waals surface area (Å²) in [5, 5.41) is 3.24. The van der Waals surface area contributed by atoms with E-state index in [9.17, 15) is 0 Å². The van der Waals surface area contributed by atoms with E-state index in [4.69, 9.17) is 0 Å². The second kappa shape index (κ2) is 5.44. The van der Waals surface area contributed by atoms with E-state index in [-0.39, 0.29) is 0 Å². The van der Waals surface area contributed by atoms with Crippen LogP contribution >= 0.6 is 22.6 Å². The van der Waals surface area contributed by atoms with Gasteiger partial charge >= 0.3 is 0 Å². The summed E-state index contributed by atoms with van der Waals surface area (Å²) in [6, 6.07) is 8.23. The van der Waals surface area contributed by atoms with Crippen LogP contribution < -0.4 is 5.32 Å². The van der Waals surface area contributed by atoms with Crippen LogP contribution in [0.5, 0.6) is 0 Å². The number of nitrogens with zero attached hydrogens (tertiary/aromatic N) is 2. The van der Waals surface area contributed by atoms with Crippen LogP contribution in [-0.4, -0.2) is 16.5 Å². The minimum absolute atomic E-state index is 0.769. The van der Waals surface area contributed by atoms with Crippen molar-refractivity contribution >= 4 is 28.4 Å². The fourth-order valence-corrected chi connectivity index (χ4v) is 2.03. The van der Waals surface area contributed by atoms with Crippen LogP contribution in [0.2, 0.25) is 0 Å². The third-order valence-corrected chi connectivity index (χ3v) is 3.15. The van der Waals surface area contributed by atoms with Crippen molar-refractivity contribution in [2.45, 2.75) is 13.8 Å². The average Bonchev–Trinajstić information content (AvgIpc) is 2.32. The van der Waals surface area contributed by atoms with Crippen LogP contribution in [-0.2, 0) is 0 Å². The molecule has 2 aromatic rings. The van der Waals surface area contributed by atoms with E-state index in [1.807, 2.05) is 18.3 Å². The zero-order valence-electron chi connectivity index (χ0n) is 9.87. The van der Waals surface area contributed by atoms with E-state index < -0.39 is 0 Å². The van der Waals surface area contributed by atoms with Crippen LogP contribution in [0.3, 0.4) is 0 Å². The molecule has 3 nitrogen and oxygen atoms in total. The lowest BCUT2D eigenvalue weighted by Crippen LogP contribution is -2.03. The Morgan fingerprint density at radius 3 is 2.88 bits per heavy atom. The standard InChI is InChI=1S/C13H14IN3/c1-3-15-13-11(14)8-16-12(17-13)10-6-4-5-9(2)7-10/h4-8H,3H2,1-2H3,(H,15,16,17). The zero-order valence-corrected chi connectivity index (χ0v) is 12.0. The van der Waals surface area contributed by atoms with Crippen molar-refractivity contribution in [3.63, 3.8) is 0 Å². The summed E-state index contributed by atoms with van der Waals surface area (Å²) in [7, 11) is 0. The summed E-state index contributed by atoms with van der Waals surface area (Å²) in [5.74, 6) is 1.67. The van der Waals surface area contributed by atoms with Gasteiger partial charge in [-0.1, -0.05) is 23.8 Å². The Labute approximate surface area is 115 Å². The first kappa shape index (κ1) is 12.3. The number of nitrogens with one attached hydrogen (secondary N) is 1. The molecule has 0 bridgehead atoms. The normalized spacial score (nSPS) is 10.3. The van der Waals surface area contributed by atoms with Crippen LogP contribution in [0, 0.1) is 10.5 Å². The SMILES string of the molecule is CCNc1nc(-c2cccc(C)c2)ncc1I. The highest BCUT2D eigenvalue weighted by molar-refractivity contribution is 14.1. The van der Waals surface area contributed by atoms with Crippen molar-refractivity contribution in [1.82, 2.24) is 9.97 Å². The molecule has 0 spiro atoms. The molecule has 0 radical (unpaired) electrons. The summed E-state index contributed by atoms with van der Waals surface area (Å²) in [6.45, 7) is 4.99. The summed E-state index contributed by atoms with van der Waals surface area (Å²) < 4.78 is 1.04. The fraction of sp³-hybridized carbons (Fsp3) is 0.231. The Balaban J connectivity index is 2.42. The second-order valence-electron chi connectivity index (χ2n) is 3.79. The molecular weight excluding hydrogens is 325 g/mol. The number of hydrogen-bond donors (Lipinski definition) is 1. The van der Waals surface area contributed by atoms with Gasteiger partial charge in [0.25, 0.3) is 0 Å². The minimum atomic E-state index is 0.769. The van der Waals surface area contributed by atoms with E-state index in [1.165, 1.54) is 5.56 Å². The van der Waals surface area contributed by atoms with Crippen molar-refractivity contribution in [2.75, 3.05) is 11.9 Å². The van der Waals surface area contributed by atoms with Gasteiger partial charge in [-0.05, 0) is 42.5 Å². The van der Waals surface area contributed by atoms with E-state index in [0.29, 0.717) is 0 Å². The maximum absolute atomic E-state index is 4.54. The van der Waals surface area contributed by atoms with Gasteiger partial charge in [-0.25, -0.2) is 9.97 Å². The average molecular weight is 339 g/mol. The Bertz CT molecular complexity index is 526. The smallest absolute Gasteiger partial charge is 0.161 e. The molecule has 0 atom stereocenters. The van der Waals surface area contributed by atoms with Crippen LogP contribution in [0.4, 0.5) is 5.82 Å². The Morgan fingerprint density at radius 2 is 2.18 bits per heavy atom. The second-order valence-corrected chi connectivity index (χ2v) is 4.95. The fourth-order valence-electron chi connectivity index (χ4n) is 1.58. The largest absolute Gasteiger partial charge is 0.369 e. The van der Waals surface area contributed by atoms with Gasteiger partial charge in [0.15, 0.2) is 5.82 Å². The molecule has 0 fully saturated rings. The van der Waals surface area contributed by atoms with E-state index in [0.717, 1.165) is 27.3 Å². The predicted octanol–water partition coefficient (Wildman–Crippen LogP) is 3.49. The van der Waals surface area contributed by atoms with E-state index in [2.05, 4.69) is 63.9 Å². The molecule has 0 aliphatic rings. The van der Waals surface area contributed by atoms with Crippen LogP contribution in [0.1, 0.15) is 12.5 Å². The maximum Gasteiger partial charge on any atom is 0.161 e. The van der Waals surface area contributed by atoms with Gasteiger partial charge in [0.2, 0.25) is 0 Å². The zero-order chi connectivity index (χ0) is 12.3. The van der Waals surface area contributed by atoms with E-state index in [1.54, 1.807) is 0 Å². The number of aromatic nitrogens is 2. The monoisotopic (exact) mass is 339 g/mol. The lowest BCUT2D eigenvalue weighted by molar-refractivity contribution is 1.10. The molecule has 0 saturated carbocycles. The molecule has 17 heavy (non-hydrogen) atoms. The van der Waals surface area contributed by atoms with Crippen molar-refractivity contribution in [3.05, 3.63) is 39.6 Å².